The first-order valence-electron chi connectivity index (χ1n) is 10.7. The minimum Gasteiger partial charge on any atom is -0.497 e. The van der Waals surface area contributed by atoms with Crippen LogP contribution in [0, 0.1) is 0 Å². The van der Waals surface area contributed by atoms with Crippen LogP contribution in [0.1, 0.15) is 5.56 Å². The largest absolute Gasteiger partial charge is 0.497 e. The van der Waals surface area contributed by atoms with Crippen molar-refractivity contribution in [1.29, 1.82) is 0 Å². The molecule has 0 aliphatic carbocycles. The third-order valence-electron chi connectivity index (χ3n) is 5.43. The molecule has 1 N–H and O–H groups in total. The van der Waals surface area contributed by atoms with E-state index < -0.39 is 17.1 Å². The summed E-state index contributed by atoms with van der Waals surface area (Å²) in [5.41, 5.74) is 2.23. The minimum absolute atomic E-state index is 0.208. The first-order valence-corrected chi connectivity index (χ1v) is 11.5. The van der Waals surface area contributed by atoms with Crippen LogP contribution in [0.25, 0.3) is 6.08 Å². The van der Waals surface area contributed by atoms with Crippen LogP contribution in [-0.4, -0.2) is 69.0 Å². The Hall–Kier alpha value is -3.50. The summed E-state index contributed by atoms with van der Waals surface area (Å²) < 4.78 is 15.9. The van der Waals surface area contributed by atoms with Gasteiger partial charge < -0.3 is 24.4 Å². The lowest BCUT2D eigenvalue weighted by Crippen LogP contribution is -2.36. The number of benzene rings is 2. The maximum absolute atomic E-state index is 12.8. The molecule has 10 heteroatoms. The molecule has 2 heterocycles. The molecule has 0 unspecified atom stereocenters. The van der Waals surface area contributed by atoms with Gasteiger partial charge in [0.25, 0.3) is 11.1 Å². The maximum atomic E-state index is 12.8. The van der Waals surface area contributed by atoms with Gasteiger partial charge in [-0.25, -0.2) is 0 Å². The van der Waals surface area contributed by atoms with Gasteiger partial charge in [0.2, 0.25) is 5.91 Å². The smallest absolute Gasteiger partial charge is 0.294 e. The Morgan fingerprint density at radius 2 is 1.82 bits per heavy atom. The van der Waals surface area contributed by atoms with Crippen molar-refractivity contribution < 1.29 is 28.6 Å². The summed E-state index contributed by atoms with van der Waals surface area (Å²) in [5, 5.41) is 2.24. The minimum atomic E-state index is -0.530. The summed E-state index contributed by atoms with van der Waals surface area (Å²) in [4.78, 5) is 41.2. The van der Waals surface area contributed by atoms with Gasteiger partial charge in [0, 0.05) is 30.0 Å². The summed E-state index contributed by atoms with van der Waals surface area (Å²) >= 11 is 0.782. The number of hydrogen-bond acceptors (Lipinski definition) is 8. The van der Waals surface area contributed by atoms with Crippen LogP contribution >= 0.6 is 11.8 Å². The molecule has 178 valence electrons. The lowest BCUT2D eigenvalue weighted by atomic mass is 10.1. The van der Waals surface area contributed by atoms with E-state index in [9.17, 15) is 14.4 Å². The van der Waals surface area contributed by atoms with Gasteiger partial charge in [0.05, 0.1) is 32.3 Å². The van der Waals surface area contributed by atoms with Crippen LogP contribution in [0.4, 0.5) is 16.2 Å². The highest BCUT2D eigenvalue weighted by Crippen LogP contribution is 2.35. The molecular formula is C24H25N3O6S. The molecule has 0 saturated carbocycles. The number of ether oxygens (including phenoxy) is 3. The molecule has 2 saturated heterocycles. The fraction of sp³-hybridized carbons (Fsp3) is 0.292. The van der Waals surface area contributed by atoms with Gasteiger partial charge >= 0.3 is 0 Å². The highest BCUT2D eigenvalue weighted by Gasteiger charge is 2.36. The average Bonchev–Trinajstić information content (AvgIpc) is 3.12. The number of imide groups is 1. The van der Waals surface area contributed by atoms with Crippen LogP contribution in [0.15, 0.2) is 47.4 Å². The quantitative estimate of drug-likeness (QED) is 0.600. The van der Waals surface area contributed by atoms with Crippen LogP contribution < -0.4 is 19.7 Å². The van der Waals surface area contributed by atoms with E-state index in [0.717, 1.165) is 35.4 Å². The van der Waals surface area contributed by atoms with Crippen LogP contribution in [0.5, 0.6) is 11.5 Å². The average molecular weight is 484 g/mol. The second-order valence-electron chi connectivity index (χ2n) is 7.57. The molecule has 0 bridgehead atoms. The van der Waals surface area contributed by atoms with Crippen LogP contribution in [-0.2, 0) is 14.3 Å². The molecule has 2 aliphatic rings. The van der Waals surface area contributed by atoms with Crippen molar-refractivity contribution in [3.63, 3.8) is 0 Å². The number of carbonyl (C=O) groups is 3. The normalized spacial score (nSPS) is 17.3. The number of hydrogen-bond donors (Lipinski definition) is 1. The second-order valence-corrected chi connectivity index (χ2v) is 8.56. The SMILES string of the molecule is COc1ccc(OC)c(/C=C2/SC(=O)N(CC(=O)Nc3ccc(N4CCOCC4)cc3)C2=O)c1. The Bertz CT molecular complexity index is 1110. The number of methoxy groups -OCH3 is 2. The van der Waals surface area contributed by atoms with E-state index in [1.165, 1.54) is 14.2 Å². The molecule has 34 heavy (non-hydrogen) atoms. The Kier molecular flexibility index (Phi) is 7.39. The molecule has 0 radical (unpaired) electrons. The Labute approximate surface area is 201 Å². The summed E-state index contributed by atoms with van der Waals surface area (Å²) in [6.45, 7) is 2.65. The number of anilines is 2. The van der Waals surface area contributed by atoms with Gasteiger partial charge in [-0.15, -0.1) is 0 Å². The Morgan fingerprint density at radius 3 is 2.50 bits per heavy atom. The van der Waals surface area contributed by atoms with Crippen LogP contribution in [0.3, 0.4) is 0 Å². The molecule has 2 aromatic carbocycles. The molecule has 4 rings (SSSR count). The zero-order valence-corrected chi connectivity index (χ0v) is 19.7. The first-order chi connectivity index (χ1) is 16.5. The topological polar surface area (TPSA) is 97.4 Å². The van der Waals surface area contributed by atoms with E-state index in [0.29, 0.717) is 36.0 Å². The van der Waals surface area contributed by atoms with Gasteiger partial charge in [-0.2, -0.15) is 0 Å². The fourth-order valence-corrected chi connectivity index (χ4v) is 4.48. The predicted octanol–water partition coefficient (Wildman–Crippen LogP) is 3.22. The number of amides is 3. The van der Waals surface area contributed by atoms with Gasteiger partial charge in [0.1, 0.15) is 18.0 Å². The highest BCUT2D eigenvalue weighted by atomic mass is 32.2. The zero-order valence-electron chi connectivity index (χ0n) is 18.9. The molecule has 3 amide bonds. The predicted molar refractivity (Wildman–Crippen MR) is 130 cm³/mol. The Morgan fingerprint density at radius 1 is 1.09 bits per heavy atom. The third kappa shape index (κ3) is 5.35. The second kappa shape index (κ2) is 10.6. The number of nitrogens with one attached hydrogen (secondary N) is 1. The molecule has 2 fully saturated rings. The summed E-state index contributed by atoms with van der Waals surface area (Å²) in [7, 11) is 3.05. The van der Waals surface area contributed by atoms with Gasteiger partial charge in [0.15, 0.2) is 0 Å². The van der Waals surface area contributed by atoms with Gasteiger partial charge in [-0.3, -0.25) is 19.3 Å². The summed E-state index contributed by atoms with van der Waals surface area (Å²) in [6.07, 6.45) is 1.56. The monoisotopic (exact) mass is 483 g/mol. The van der Waals surface area contributed by atoms with Gasteiger partial charge in [-0.1, -0.05) is 0 Å². The molecule has 2 aromatic rings. The van der Waals surface area contributed by atoms with Crippen molar-refractivity contribution in [2.75, 3.05) is 57.3 Å². The maximum Gasteiger partial charge on any atom is 0.294 e. The van der Waals surface area contributed by atoms with Crippen molar-refractivity contribution in [3.8, 4) is 11.5 Å². The Balaban J connectivity index is 1.40. The number of carbonyl (C=O) groups excluding carboxylic acids is 3. The number of thioether (sulfide) groups is 1. The van der Waals surface area contributed by atoms with Crippen molar-refractivity contribution in [2.24, 2.45) is 0 Å². The molecule has 2 aliphatic heterocycles. The number of morpholine rings is 1. The number of rotatable bonds is 7. The molecule has 0 aromatic heterocycles. The fourth-order valence-electron chi connectivity index (χ4n) is 3.65. The van der Waals surface area contributed by atoms with Gasteiger partial charge in [-0.05, 0) is 60.3 Å². The van der Waals surface area contributed by atoms with Crippen molar-refractivity contribution in [2.45, 2.75) is 0 Å². The van der Waals surface area contributed by atoms with Crippen molar-refractivity contribution in [3.05, 3.63) is 52.9 Å². The highest BCUT2D eigenvalue weighted by molar-refractivity contribution is 8.18. The van der Waals surface area contributed by atoms with Crippen molar-refractivity contribution >= 4 is 46.3 Å². The van der Waals surface area contributed by atoms with Crippen LogP contribution in [0.2, 0.25) is 0 Å². The van der Waals surface area contributed by atoms with E-state index in [1.54, 1.807) is 36.4 Å². The van der Waals surface area contributed by atoms with Crippen molar-refractivity contribution in [1.82, 2.24) is 4.90 Å². The van der Waals surface area contributed by atoms with E-state index >= 15 is 0 Å². The molecule has 0 atom stereocenters. The lowest BCUT2D eigenvalue weighted by Gasteiger charge is -2.28. The summed E-state index contributed by atoms with van der Waals surface area (Å²) in [6, 6.07) is 12.6. The lowest BCUT2D eigenvalue weighted by molar-refractivity contribution is -0.127. The zero-order chi connectivity index (χ0) is 24.1. The van der Waals surface area contributed by atoms with E-state index in [4.69, 9.17) is 14.2 Å². The number of nitrogens with zero attached hydrogens (tertiary/aromatic N) is 2. The molecular weight excluding hydrogens is 458 g/mol. The van der Waals surface area contributed by atoms with E-state index in [-0.39, 0.29) is 11.4 Å². The van der Waals surface area contributed by atoms with E-state index in [1.807, 2.05) is 12.1 Å². The van der Waals surface area contributed by atoms with E-state index in [2.05, 4.69) is 10.2 Å². The molecule has 9 nitrogen and oxygen atoms in total. The molecule has 0 spiro atoms. The standard InChI is InChI=1S/C24H25N3O6S/c1-31-19-7-8-20(32-2)16(13-19)14-21-23(29)27(24(30)34-21)15-22(28)25-17-3-5-18(6-4-17)26-9-11-33-12-10-26/h3-8,13-14H,9-12,15H2,1-2H3,(H,25,28)/b21-14+. The summed E-state index contributed by atoms with van der Waals surface area (Å²) in [5.74, 6) is 0.135. The third-order valence-corrected chi connectivity index (χ3v) is 6.33. The first kappa shape index (κ1) is 23.7.